The van der Waals surface area contributed by atoms with Crippen LogP contribution in [0.5, 0.6) is 0 Å². The molecule has 2 unspecified atom stereocenters. The highest BCUT2D eigenvalue weighted by Gasteiger charge is 2.20. The highest BCUT2D eigenvalue weighted by Crippen LogP contribution is 2.16. The molecule has 7 N–H and O–H groups in total. The molecule has 0 radical (unpaired) electrons. The fourth-order valence-corrected chi connectivity index (χ4v) is 1.78. The number of aliphatic hydroxyl groups is 3. The summed E-state index contributed by atoms with van der Waals surface area (Å²) in [5, 5.41) is 34.9. The first-order chi connectivity index (χ1) is 11.4. The molecule has 1 heterocycles. The van der Waals surface area contributed by atoms with Crippen LogP contribution in [-0.4, -0.2) is 49.6 Å². The third kappa shape index (κ3) is 5.92. The van der Waals surface area contributed by atoms with E-state index in [0.29, 0.717) is 17.1 Å². The first kappa shape index (κ1) is 19.5. The molecule has 1 aromatic heterocycles. The van der Waals surface area contributed by atoms with E-state index >= 15 is 0 Å². The number of nitrogens with two attached hydrogens (primary N) is 1. The standard InChI is InChI=1S/C9H15N3O3.C7H7NO/c1-5(10)9-11-4-6(12-9)8(15)7(14)2-3-13;8-7(9)6-4-2-1-3-5-6/h4,7-8,10,13-15H,2-3H2,1H3,(H,11,12);1-5H,(H2,8,9). The molecule has 0 saturated carbocycles. The van der Waals surface area contributed by atoms with Gasteiger partial charge in [-0.2, -0.15) is 0 Å². The minimum atomic E-state index is -1.11. The van der Waals surface area contributed by atoms with Crippen molar-refractivity contribution in [1.29, 1.82) is 5.41 Å². The Balaban J connectivity index is 0.000000272. The Hall–Kier alpha value is -2.55. The Kier molecular flexibility index (Phi) is 7.76. The van der Waals surface area contributed by atoms with E-state index in [4.69, 9.17) is 16.2 Å². The summed E-state index contributed by atoms with van der Waals surface area (Å²) in [5.41, 5.74) is 6.13. The van der Waals surface area contributed by atoms with Crippen LogP contribution in [0.15, 0.2) is 36.5 Å². The number of nitrogens with zero attached hydrogens (tertiary/aromatic N) is 1. The van der Waals surface area contributed by atoms with E-state index in [9.17, 15) is 15.0 Å². The Labute approximate surface area is 139 Å². The number of primary amides is 1. The van der Waals surface area contributed by atoms with Gasteiger partial charge in [0.05, 0.1) is 23.7 Å². The Morgan fingerprint density at radius 2 is 1.96 bits per heavy atom. The quantitative estimate of drug-likeness (QED) is 0.421. The molecule has 8 heteroatoms. The van der Waals surface area contributed by atoms with Gasteiger partial charge in [-0.3, -0.25) is 4.79 Å². The summed E-state index contributed by atoms with van der Waals surface area (Å²) >= 11 is 0. The number of rotatable bonds is 6. The van der Waals surface area contributed by atoms with Crippen molar-refractivity contribution in [1.82, 2.24) is 9.97 Å². The number of benzene rings is 1. The summed E-state index contributed by atoms with van der Waals surface area (Å²) in [4.78, 5) is 17.0. The van der Waals surface area contributed by atoms with E-state index in [2.05, 4.69) is 9.97 Å². The van der Waals surface area contributed by atoms with Gasteiger partial charge in [-0.1, -0.05) is 18.2 Å². The predicted octanol–water partition coefficient (Wildman–Crippen LogP) is 0.360. The van der Waals surface area contributed by atoms with Crippen LogP contribution in [-0.2, 0) is 0 Å². The first-order valence-corrected chi connectivity index (χ1v) is 7.29. The molecule has 0 aliphatic heterocycles. The minimum Gasteiger partial charge on any atom is -0.396 e. The third-order valence-electron chi connectivity index (χ3n) is 3.12. The van der Waals surface area contributed by atoms with Gasteiger partial charge in [0, 0.05) is 12.2 Å². The van der Waals surface area contributed by atoms with Crippen LogP contribution in [0.25, 0.3) is 0 Å². The maximum Gasteiger partial charge on any atom is 0.248 e. The third-order valence-corrected chi connectivity index (χ3v) is 3.12. The first-order valence-electron chi connectivity index (χ1n) is 7.29. The number of hydrogen-bond donors (Lipinski definition) is 6. The molecule has 2 rings (SSSR count). The zero-order chi connectivity index (χ0) is 18.1. The van der Waals surface area contributed by atoms with E-state index in [1.807, 2.05) is 6.07 Å². The molecule has 1 amide bonds. The molecule has 0 fully saturated rings. The Bertz CT molecular complexity index is 657. The molecule has 24 heavy (non-hydrogen) atoms. The largest absolute Gasteiger partial charge is 0.396 e. The lowest BCUT2D eigenvalue weighted by atomic mass is 10.1. The molecule has 0 bridgehead atoms. The van der Waals surface area contributed by atoms with E-state index in [0.717, 1.165) is 0 Å². The predicted molar refractivity (Wildman–Crippen MR) is 88.7 cm³/mol. The van der Waals surface area contributed by atoms with Crippen molar-refractivity contribution in [3.8, 4) is 0 Å². The number of carbonyl (C=O) groups is 1. The van der Waals surface area contributed by atoms with Gasteiger partial charge in [0.1, 0.15) is 6.10 Å². The maximum absolute atomic E-state index is 10.4. The fraction of sp³-hybridized carbons (Fsp3) is 0.312. The number of aromatic nitrogens is 2. The Morgan fingerprint density at radius 1 is 1.33 bits per heavy atom. The minimum absolute atomic E-state index is 0.0963. The summed E-state index contributed by atoms with van der Waals surface area (Å²) in [5.74, 6) is -0.0177. The van der Waals surface area contributed by atoms with Crippen molar-refractivity contribution < 1.29 is 20.1 Å². The zero-order valence-corrected chi connectivity index (χ0v) is 13.3. The van der Waals surface area contributed by atoms with Crippen LogP contribution in [0, 0.1) is 5.41 Å². The van der Waals surface area contributed by atoms with Crippen molar-refractivity contribution in [3.05, 3.63) is 53.6 Å². The zero-order valence-electron chi connectivity index (χ0n) is 13.3. The van der Waals surface area contributed by atoms with Gasteiger partial charge in [-0.15, -0.1) is 0 Å². The number of imidazole rings is 1. The molecule has 130 valence electrons. The van der Waals surface area contributed by atoms with Crippen molar-refractivity contribution in [2.75, 3.05) is 6.61 Å². The average Bonchev–Trinajstić information content (AvgIpc) is 3.06. The van der Waals surface area contributed by atoms with Gasteiger partial charge < -0.3 is 31.4 Å². The molecule has 0 saturated heterocycles. The number of H-pyrrole nitrogens is 1. The van der Waals surface area contributed by atoms with Crippen LogP contribution < -0.4 is 5.73 Å². The van der Waals surface area contributed by atoms with Gasteiger partial charge in [0.2, 0.25) is 5.91 Å². The summed E-state index contributed by atoms with van der Waals surface area (Å²) in [6, 6.07) is 8.76. The summed E-state index contributed by atoms with van der Waals surface area (Å²) < 4.78 is 0. The molecule has 8 nitrogen and oxygen atoms in total. The molecular formula is C16H22N4O4. The van der Waals surface area contributed by atoms with E-state index < -0.39 is 12.2 Å². The summed E-state index contributed by atoms with van der Waals surface area (Å²) in [6.45, 7) is 1.38. The lowest BCUT2D eigenvalue weighted by Crippen LogP contribution is -2.19. The van der Waals surface area contributed by atoms with Crippen molar-refractivity contribution in [2.45, 2.75) is 25.6 Å². The second-order valence-corrected chi connectivity index (χ2v) is 5.07. The van der Waals surface area contributed by atoms with Gasteiger partial charge in [-0.05, 0) is 25.5 Å². The molecule has 1 aromatic carbocycles. The lowest BCUT2D eigenvalue weighted by Gasteiger charge is -2.14. The molecule has 2 aromatic rings. The molecule has 0 aliphatic carbocycles. The number of carbonyl (C=O) groups excluding carboxylic acids is 1. The monoisotopic (exact) mass is 334 g/mol. The van der Waals surface area contributed by atoms with Gasteiger partial charge in [0.25, 0.3) is 0 Å². The maximum atomic E-state index is 10.4. The molecule has 2 atom stereocenters. The van der Waals surface area contributed by atoms with E-state index in [1.54, 1.807) is 31.2 Å². The normalized spacial score (nSPS) is 12.7. The molecular weight excluding hydrogens is 312 g/mol. The highest BCUT2D eigenvalue weighted by molar-refractivity contribution is 5.93. The molecule has 0 spiro atoms. The summed E-state index contributed by atoms with van der Waals surface area (Å²) in [6.07, 6.45) is -0.676. The fourth-order valence-electron chi connectivity index (χ4n) is 1.78. The van der Waals surface area contributed by atoms with E-state index in [1.165, 1.54) is 6.20 Å². The van der Waals surface area contributed by atoms with E-state index in [-0.39, 0.29) is 24.6 Å². The van der Waals surface area contributed by atoms with Gasteiger partial charge in [0.15, 0.2) is 5.82 Å². The van der Waals surface area contributed by atoms with Crippen molar-refractivity contribution >= 4 is 11.6 Å². The SMILES string of the molecule is CC(=N)c1ncc(C(O)C(O)CCO)[nH]1.NC(=O)c1ccccc1. The number of nitrogens with one attached hydrogen (secondary N) is 2. The van der Waals surface area contributed by atoms with Crippen LogP contribution >= 0.6 is 0 Å². The number of amides is 1. The topological polar surface area (TPSA) is 156 Å². The second kappa shape index (κ2) is 9.56. The second-order valence-electron chi connectivity index (χ2n) is 5.07. The Morgan fingerprint density at radius 3 is 2.38 bits per heavy atom. The molecule has 0 aliphatic rings. The van der Waals surface area contributed by atoms with Gasteiger partial charge in [-0.25, -0.2) is 4.98 Å². The number of aromatic amines is 1. The van der Waals surface area contributed by atoms with Crippen molar-refractivity contribution in [2.24, 2.45) is 5.73 Å². The smallest absolute Gasteiger partial charge is 0.248 e. The highest BCUT2D eigenvalue weighted by atomic mass is 16.3. The van der Waals surface area contributed by atoms with Crippen LogP contribution in [0.1, 0.15) is 41.3 Å². The summed E-state index contributed by atoms with van der Waals surface area (Å²) in [7, 11) is 0. The lowest BCUT2D eigenvalue weighted by molar-refractivity contribution is 0.00212. The van der Waals surface area contributed by atoms with Crippen LogP contribution in [0.2, 0.25) is 0 Å². The van der Waals surface area contributed by atoms with Crippen LogP contribution in [0.3, 0.4) is 0 Å². The van der Waals surface area contributed by atoms with Gasteiger partial charge >= 0.3 is 0 Å². The van der Waals surface area contributed by atoms with Crippen LogP contribution in [0.4, 0.5) is 0 Å². The number of hydrogen-bond acceptors (Lipinski definition) is 6. The number of aliphatic hydroxyl groups excluding tert-OH is 3. The average molecular weight is 334 g/mol. The van der Waals surface area contributed by atoms with Crippen molar-refractivity contribution in [3.63, 3.8) is 0 Å².